The molecule has 0 aliphatic rings. The molecule has 0 aliphatic heterocycles. The van der Waals surface area contributed by atoms with E-state index >= 15 is 0 Å². The van der Waals surface area contributed by atoms with Gasteiger partial charge in [-0.1, -0.05) is 27.7 Å². The summed E-state index contributed by atoms with van der Waals surface area (Å²) in [5, 5.41) is 10.8. The van der Waals surface area contributed by atoms with Crippen molar-refractivity contribution in [3.8, 4) is 17.2 Å². The van der Waals surface area contributed by atoms with Gasteiger partial charge in [-0.15, -0.1) is 10.2 Å². The Morgan fingerprint density at radius 3 is 2.29 bits per heavy atom. The van der Waals surface area contributed by atoms with Gasteiger partial charge in [0.25, 0.3) is 0 Å². The van der Waals surface area contributed by atoms with Crippen LogP contribution in [0.5, 0.6) is 5.75 Å². The lowest BCUT2D eigenvalue weighted by Crippen LogP contribution is -2.47. The summed E-state index contributed by atoms with van der Waals surface area (Å²) in [6.45, 7) is 17.2. The first kappa shape index (κ1) is 31.6. The molecule has 1 aromatic carbocycles. The van der Waals surface area contributed by atoms with Crippen LogP contribution in [0.15, 0.2) is 28.7 Å². The number of rotatable bonds is 13. The number of ether oxygens (including phenoxy) is 3. The summed E-state index contributed by atoms with van der Waals surface area (Å²) in [5.41, 5.74) is 0.425. The first-order valence-electron chi connectivity index (χ1n) is 12.2. The molecule has 0 spiro atoms. The topological polar surface area (TPSA) is 95.7 Å². The van der Waals surface area contributed by atoms with Crippen LogP contribution in [0.3, 0.4) is 0 Å². The van der Waals surface area contributed by atoms with Gasteiger partial charge in [0.05, 0.1) is 24.9 Å². The monoisotopic (exact) mass is 479 g/mol. The minimum absolute atomic E-state index is 0.00955. The fourth-order valence-electron chi connectivity index (χ4n) is 2.74. The van der Waals surface area contributed by atoms with E-state index in [1.165, 1.54) is 0 Å². The Bertz CT molecular complexity index is 775. The SMILES string of the molecule is CC.CC.COCCCC(=O)NC(C)(C)COC(C)CCOc1ccc(-c2nnc(C)o2)cc1. The van der Waals surface area contributed by atoms with Crippen molar-refractivity contribution in [3.63, 3.8) is 0 Å². The Labute approximate surface area is 205 Å². The highest BCUT2D eigenvalue weighted by Gasteiger charge is 2.21. The van der Waals surface area contributed by atoms with E-state index in [1.54, 1.807) is 14.0 Å². The van der Waals surface area contributed by atoms with Crippen molar-refractivity contribution in [2.75, 3.05) is 26.9 Å². The second-order valence-corrected chi connectivity index (χ2v) is 7.94. The molecule has 0 radical (unpaired) electrons. The number of nitrogens with zero attached hydrogens (tertiary/aromatic N) is 2. The molecule has 2 rings (SSSR count). The van der Waals surface area contributed by atoms with Crippen LogP contribution >= 0.6 is 0 Å². The maximum absolute atomic E-state index is 12.0. The number of carbonyl (C=O) groups is 1. The van der Waals surface area contributed by atoms with Gasteiger partial charge in [-0.2, -0.15) is 0 Å². The Balaban J connectivity index is 0.00000258. The maximum Gasteiger partial charge on any atom is 0.247 e. The first-order valence-corrected chi connectivity index (χ1v) is 12.2. The van der Waals surface area contributed by atoms with Crippen LogP contribution < -0.4 is 10.1 Å². The fraction of sp³-hybridized carbons (Fsp3) is 0.654. The Kier molecular flexibility index (Phi) is 16.7. The number of aryl methyl sites for hydroxylation is 1. The summed E-state index contributed by atoms with van der Waals surface area (Å²) in [4.78, 5) is 12.0. The van der Waals surface area contributed by atoms with Crippen LogP contribution in [0.1, 0.15) is 73.6 Å². The van der Waals surface area contributed by atoms with Crippen molar-refractivity contribution < 1.29 is 23.4 Å². The van der Waals surface area contributed by atoms with Crippen LogP contribution in [0.2, 0.25) is 0 Å². The summed E-state index contributed by atoms with van der Waals surface area (Å²) >= 11 is 0. The minimum atomic E-state index is -0.428. The molecule has 8 nitrogen and oxygen atoms in total. The average molecular weight is 480 g/mol. The highest BCUT2D eigenvalue weighted by atomic mass is 16.5. The number of amides is 1. The Hall–Kier alpha value is -2.45. The van der Waals surface area contributed by atoms with E-state index < -0.39 is 5.54 Å². The molecule has 0 saturated carbocycles. The molecule has 34 heavy (non-hydrogen) atoms. The lowest BCUT2D eigenvalue weighted by Gasteiger charge is -2.28. The summed E-state index contributed by atoms with van der Waals surface area (Å²) in [5.74, 6) is 1.81. The molecule has 2 aromatic rings. The minimum Gasteiger partial charge on any atom is -0.493 e. The zero-order valence-corrected chi connectivity index (χ0v) is 22.6. The molecule has 8 heteroatoms. The summed E-state index contributed by atoms with van der Waals surface area (Å²) in [6, 6.07) is 7.53. The number of hydrogen-bond acceptors (Lipinski definition) is 7. The van der Waals surface area contributed by atoms with Crippen molar-refractivity contribution in [2.45, 2.75) is 86.3 Å². The number of hydrogen-bond donors (Lipinski definition) is 1. The number of methoxy groups -OCH3 is 1. The van der Waals surface area contributed by atoms with E-state index in [-0.39, 0.29) is 12.0 Å². The molecular weight excluding hydrogens is 434 g/mol. The van der Waals surface area contributed by atoms with Crippen LogP contribution in [-0.4, -0.2) is 54.7 Å². The summed E-state index contributed by atoms with van der Waals surface area (Å²) in [6.07, 6.45) is 1.91. The van der Waals surface area contributed by atoms with Crippen LogP contribution in [0.4, 0.5) is 0 Å². The van der Waals surface area contributed by atoms with E-state index in [9.17, 15) is 4.79 Å². The maximum atomic E-state index is 12.0. The second-order valence-electron chi connectivity index (χ2n) is 7.94. The van der Waals surface area contributed by atoms with Crippen LogP contribution in [-0.2, 0) is 14.3 Å². The first-order chi connectivity index (χ1) is 16.3. The largest absolute Gasteiger partial charge is 0.493 e. The van der Waals surface area contributed by atoms with Crippen LogP contribution in [0.25, 0.3) is 11.5 Å². The van der Waals surface area contributed by atoms with Gasteiger partial charge in [0.2, 0.25) is 17.7 Å². The molecule has 0 bridgehead atoms. The third-order valence-electron chi connectivity index (χ3n) is 4.38. The van der Waals surface area contributed by atoms with Crippen molar-refractivity contribution in [3.05, 3.63) is 30.2 Å². The third kappa shape index (κ3) is 13.3. The normalized spacial score (nSPS) is 11.4. The van der Waals surface area contributed by atoms with Crippen molar-refractivity contribution in [1.82, 2.24) is 15.5 Å². The molecule has 1 unspecified atom stereocenters. The van der Waals surface area contributed by atoms with Crippen molar-refractivity contribution >= 4 is 5.91 Å². The molecule has 0 aliphatic carbocycles. The lowest BCUT2D eigenvalue weighted by molar-refractivity contribution is -0.124. The zero-order chi connectivity index (χ0) is 26.0. The van der Waals surface area contributed by atoms with E-state index in [1.807, 2.05) is 72.7 Å². The Morgan fingerprint density at radius 1 is 1.09 bits per heavy atom. The van der Waals surface area contributed by atoms with Gasteiger partial charge >= 0.3 is 0 Å². The van der Waals surface area contributed by atoms with E-state index in [0.29, 0.717) is 44.4 Å². The predicted molar refractivity (Wildman–Crippen MR) is 136 cm³/mol. The smallest absolute Gasteiger partial charge is 0.247 e. The highest BCUT2D eigenvalue weighted by molar-refractivity contribution is 5.76. The van der Waals surface area contributed by atoms with E-state index in [2.05, 4.69) is 15.5 Å². The van der Waals surface area contributed by atoms with Gasteiger partial charge in [-0.3, -0.25) is 4.79 Å². The predicted octanol–water partition coefficient (Wildman–Crippen LogP) is 5.59. The van der Waals surface area contributed by atoms with Gasteiger partial charge in [0.1, 0.15) is 5.75 Å². The van der Waals surface area contributed by atoms with E-state index in [4.69, 9.17) is 18.6 Å². The number of benzene rings is 1. The lowest BCUT2D eigenvalue weighted by atomic mass is 10.1. The molecule has 1 atom stereocenters. The fourth-order valence-corrected chi connectivity index (χ4v) is 2.74. The summed E-state index contributed by atoms with van der Waals surface area (Å²) in [7, 11) is 1.63. The summed E-state index contributed by atoms with van der Waals surface area (Å²) < 4.78 is 22.1. The molecular formula is C26H45N3O5. The quantitative estimate of drug-likeness (QED) is 0.374. The van der Waals surface area contributed by atoms with E-state index in [0.717, 1.165) is 17.7 Å². The van der Waals surface area contributed by atoms with Gasteiger partial charge in [0.15, 0.2) is 0 Å². The van der Waals surface area contributed by atoms with Gasteiger partial charge < -0.3 is 23.9 Å². The number of aromatic nitrogens is 2. The van der Waals surface area contributed by atoms with Gasteiger partial charge in [0, 0.05) is 39.0 Å². The molecule has 1 amide bonds. The molecule has 1 heterocycles. The molecule has 0 saturated heterocycles. The molecule has 0 fully saturated rings. The number of carbonyl (C=O) groups excluding carboxylic acids is 1. The number of nitrogens with one attached hydrogen (secondary N) is 1. The molecule has 194 valence electrons. The second kappa shape index (κ2) is 18.0. The average Bonchev–Trinajstić information content (AvgIpc) is 3.27. The molecule has 1 N–H and O–H groups in total. The molecule has 1 aromatic heterocycles. The van der Waals surface area contributed by atoms with Gasteiger partial charge in [-0.25, -0.2) is 0 Å². The van der Waals surface area contributed by atoms with Crippen LogP contribution in [0, 0.1) is 6.92 Å². The zero-order valence-electron chi connectivity index (χ0n) is 22.6. The highest BCUT2D eigenvalue weighted by Crippen LogP contribution is 2.21. The standard InChI is InChI=1S/C22H33N3O5.2C2H6/c1-16(29-15-22(3,4)23-20(26)7-6-13-27-5)12-14-28-19-10-8-18(9-11-19)21-25-24-17(2)30-21;2*1-2/h8-11,16H,6-7,12-15H2,1-5H3,(H,23,26);2*1-2H3. The van der Waals surface area contributed by atoms with Crippen molar-refractivity contribution in [1.29, 1.82) is 0 Å². The van der Waals surface area contributed by atoms with Gasteiger partial charge in [-0.05, 0) is 51.5 Å². The third-order valence-corrected chi connectivity index (χ3v) is 4.38. The Morgan fingerprint density at radius 2 is 1.74 bits per heavy atom. The van der Waals surface area contributed by atoms with Crippen molar-refractivity contribution in [2.24, 2.45) is 0 Å².